The standard InChI is InChI=1S/C16H21ClN2O3S/c1-11-9-13(12(2)19(11)3)7-8-18-23(20,21)16-10-14(17)5-6-15(16)22-4/h5-6,9-10,18H,7-8H2,1-4H3. The molecule has 0 aliphatic carbocycles. The Labute approximate surface area is 142 Å². The molecule has 126 valence electrons. The minimum Gasteiger partial charge on any atom is -0.495 e. The highest BCUT2D eigenvalue weighted by Crippen LogP contribution is 2.26. The summed E-state index contributed by atoms with van der Waals surface area (Å²) in [5, 5.41) is 0.348. The number of rotatable bonds is 6. The first-order valence-corrected chi connectivity index (χ1v) is 9.07. The highest BCUT2D eigenvalue weighted by molar-refractivity contribution is 7.89. The van der Waals surface area contributed by atoms with E-state index in [1.54, 1.807) is 12.1 Å². The third-order valence-electron chi connectivity index (χ3n) is 3.98. The van der Waals surface area contributed by atoms with Gasteiger partial charge in [0.05, 0.1) is 7.11 Å². The summed E-state index contributed by atoms with van der Waals surface area (Å²) < 4.78 is 34.7. The Balaban J connectivity index is 2.13. The number of nitrogens with zero attached hydrogens (tertiary/aromatic N) is 1. The lowest BCUT2D eigenvalue weighted by molar-refractivity contribution is 0.402. The van der Waals surface area contributed by atoms with E-state index < -0.39 is 10.0 Å². The lowest BCUT2D eigenvalue weighted by atomic mass is 10.2. The molecule has 7 heteroatoms. The van der Waals surface area contributed by atoms with E-state index in [0.717, 1.165) is 17.0 Å². The molecule has 0 aliphatic rings. The van der Waals surface area contributed by atoms with Crippen LogP contribution in [0.5, 0.6) is 5.75 Å². The number of methoxy groups -OCH3 is 1. The second-order valence-electron chi connectivity index (χ2n) is 5.40. The molecule has 0 fully saturated rings. The number of halogens is 1. The van der Waals surface area contributed by atoms with Crippen molar-refractivity contribution in [1.29, 1.82) is 0 Å². The molecule has 2 rings (SSSR count). The Morgan fingerprint density at radius 1 is 1.26 bits per heavy atom. The molecule has 0 radical (unpaired) electrons. The van der Waals surface area contributed by atoms with Gasteiger partial charge in [-0.3, -0.25) is 0 Å². The fourth-order valence-electron chi connectivity index (χ4n) is 2.44. The molecule has 2 aromatic rings. The molecule has 1 aromatic carbocycles. The van der Waals surface area contributed by atoms with Gasteiger partial charge in [0.2, 0.25) is 10.0 Å². The number of nitrogens with one attached hydrogen (secondary N) is 1. The Hall–Kier alpha value is -1.50. The SMILES string of the molecule is COc1ccc(Cl)cc1S(=O)(=O)NCCc1cc(C)n(C)c1C. The minimum absolute atomic E-state index is 0.0495. The van der Waals surface area contributed by atoms with Gasteiger partial charge in [-0.1, -0.05) is 11.6 Å². The van der Waals surface area contributed by atoms with Gasteiger partial charge in [-0.15, -0.1) is 0 Å². The van der Waals surface area contributed by atoms with Crippen molar-refractivity contribution in [3.05, 3.63) is 46.2 Å². The first-order chi connectivity index (χ1) is 10.8. The Morgan fingerprint density at radius 2 is 1.96 bits per heavy atom. The largest absolute Gasteiger partial charge is 0.495 e. The van der Waals surface area contributed by atoms with Crippen molar-refractivity contribution in [2.45, 2.75) is 25.2 Å². The lowest BCUT2D eigenvalue weighted by Gasteiger charge is -2.11. The van der Waals surface area contributed by atoms with Crippen molar-refractivity contribution in [3.63, 3.8) is 0 Å². The number of hydrogen-bond acceptors (Lipinski definition) is 3. The van der Waals surface area contributed by atoms with Crippen LogP contribution in [0.2, 0.25) is 5.02 Å². The summed E-state index contributed by atoms with van der Waals surface area (Å²) in [5.74, 6) is 0.272. The first-order valence-electron chi connectivity index (χ1n) is 7.21. The van der Waals surface area contributed by atoms with Crippen molar-refractivity contribution in [2.24, 2.45) is 7.05 Å². The van der Waals surface area contributed by atoms with Crippen molar-refractivity contribution in [1.82, 2.24) is 9.29 Å². The van der Waals surface area contributed by atoms with Gasteiger partial charge < -0.3 is 9.30 Å². The zero-order valence-electron chi connectivity index (χ0n) is 13.7. The molecule has 1 N–H and O–H groups in total. The van der Waals surface area contributed by atoms with Gasteiger partial charge in [0, 0.05) is 30.0 Å². The molecule has 23 heavy (non-hydrogen) atoms. The third-order valence-corrected chi connectivity index (χ3v) is 5.70. The van der Waals surface area contributed by atoms with Crippen LogP contribution in [0.4, 0.5) is 0 Å². The fraction of sp³-hybridized carbons (Fsp3) is 0.375. The van der Waals surface area contributed by atoms with E-state index in [1.165, 1.54) is 13.2 Å². The zero-order chi connectivity index (χ0) is 17.2. The number of ether oxygens (including phenoxy) is 1. The predicted octanol–water partition coefficient (Wildman–Crippen LogP) is 2.82. The molecule has 0 amide bonds. The van der Waals surface area contributed by atoms with Crippen molar-refractivity contribution in [3.8, 4) is 5.75 Å². The van der Waals surface area contributed by atoms with Crippen LogP contribution in [0.1, 0.15) is 17.0 Å². The van der Waals surface area contributed by atoms with Gasteiger partial charge in [0.15, 0.2) is 0 Å². The molecule has 5 nitrogen and oxygen atoms in total. The maximum Gasteiger partial charge on any atom is 0.244 e. The highest BCUT2D eigenvalue weighted by atomic mass is 35.5. The van der Waals surface area contributed by atoms with Gasteiger partial charge >= 0.3 is 0 Å². The van der Waals surface area contributed by atoms with Crippen molar-refractivity contribution in [2.75, 3.05) is 13.7 Å². The predicted molar refractivity (Wildman–Crippen MR) is 91.8 cm³/mol. The average molecular weight is 357 g/mol. The Bertz CT molecular complexity index is 813. The van der Waals surface area contributed by atoms with E-state index in [0.29, 0.717) is 18.0 Å². The molecule has 0 aliphatic heterocycles. The van der Waals surface area contributed by atoms with E-state index in [9.17, 15) is 8.42 Å². The van der Waals surface area contributed by atoms with Gasteiger partial charge in [-0.05, 0) is 50.1 Å². The van der Waals surface area contributed by atoms with Crippen molar-refractivity contribution >= 4 is 21.6 Å². The maximum absolute atomic E-state index is 12.5. The summed E-state index contributed by atoms with van der Waals surface area (Å²) >= 11 is 5.90. The van der Waals surface area contributed by atoms with Gasteiger partial charge in [0.1, 0.15) is 10.6 Å². The van der Waals surface area contributed by atoms with Crippen LogP contribution in [0, 0.1) is 13.8 Å². The van der Waals surface area contributed by atoms with E-state index in [1.807, 2.05) is 20.9 Å². The van der Waals surface area contributed by atoms with Crippen LogP contribution in [0.25, 0.3) is 0 Å². The quantitative estimate of drug-likeness (QED) is 0.865. The molecule has 0 atom stereocenters. The third kappa shape index (κ3) is 3.88. The van der Waals surface area contributed by atoms with Crippen LogP contribution in [-0.4, -0.2) is 26.6 Å². The molecule has 0 saturated carbocycles. The minimum atomic E-state index is -3.68. The molecule has 0 bridgehead atoms. The topological polar surface area (TPSA) is 60.3 Å². The first kappa shape index (κ1) is 17.8. The Morgan fingerprint density at radius 3 is 2.52 bits per heavy atom. The van der Waals surface area contributed by atoms with Crippen LogP contribution >= 0.6 is 11.6 Å². The molecular formula is C16H21ClN2O3S. The molecule has 0 saturated heterocycles. The number of benzene rings is 1. The maximum atomic E-state index is 12.5. The number of aromatic nitrogens is 1. The molecule has 0 spiro atoms. The second kappa shape index (κ2) is 6.95. The lowest BCUT2D eigenvalue weighted by Crippen LogP contribution is -2.26. The summed E-state index contributed by atoms with van der Waals surface area (Å²) in [6.45, 7) is 4.36. The van der Waals surface area contributed by atoms with Crippen LogP contribution < -0.4 is 9.46 Å². The smallest absolute Gasteiger partial charge is 0.244 e. The Kier molecular flexibility index (Phi) is 5.39. The summed E-state index contributed by atoms with van der Waals surface area (Å²) in [7, 11) is -0.254. The van der Waals surface area contributed by atoms with Gasteiger partial charge in [0.25, 0.3) is 0 Å². The van der Waals surface area contributed by atoms with Crippen LogP contribution in [-0.2, 0) is 23.5 Å². The molecular weight excluding hydrogens is 336 g/mol. The number of sulfonamides is 1. The van der Waals surface area contributed by atoms with Crippen LogP contribution in [0.15, 0.2) is 29.2 Å². The zero-order valence-corrected chi connectivity index (χ0v) is 15.3. The molecule has 1 aromatic heterocycles. The van der Waals surface area contributed by atoms with Crippen molar-refractivity contribution < 1.29 is 13.2 Å². The van der Waals surface area contributed by atoms with Gasteiger partial charge in [-0.2, -0.15) is 0 Å². The van der Waals surface area contributed by atoms with E-state index in [2.05, 4.69) is 15.4 Å². The molecule has 0 unspecified atom stereocenters. The van der Waals surface area contributed by atoms with Gasteiger partial charge in [-0.25, -0.2) is 13.1 Å². The molecule has 1 heterocycles. The van der Waals surface area contributed by atoms with E-state index in [-0.39, 0.29) is 10.6 Å². The van der Waals surface area contributed by atoms with Crippen LogP contribution in [0.3, 0.4) is 0 Å². The number of hydrogen-bond donors (Lipinski definition) is 1. The summed E-state index contributed by atoms with van der Waals surface area (Å²) in [6.07, 6.45) is 0.621. The van der Waals surface area contributed by atoms with E-state index in [4.69, 9.17) is 16.3 Å². The fourth-order valence-corrected chi connectivity index (χ4v) is 3.91. The second-order valence-corrected chi connectivity index (χ2v) is 7.57. The normalized spacial score (nSPS) is 11.7. The average Bonchev–Trinajstić information content (AvgIpc) is 2.74. The summed E-state index contributed by atoms with van der Waals surface area (Å²) in [4.78, 5) is 0.0495. The monoisotopic (exact) mass is 356 g/mol. The van der Waals surface area contributed by atoms with E-state index >= 15 is 0 Å². The number of aryl methyl sites for hydroxylation is 1. The highest BCUT2D eigenvalue weighted by Gasteiger charge is 2.19. The summed E-state index contributed by atoms with van der Waals surface area (Å²) in [5.41, 5.74) is 3.42. The summed E-state index contributed by atoms with van der Waals surface area (Å²) in [6, 6.07) is 6.60.